The van der Waals surface area contributed by atoms with Crippen LogP contribution in [-0.2, 0) is 4.79 Å². The molecule has 0 aromatic heterocycles. The van der Waals surface area contributed by atoms with E-state index in [1.165, 1.54) is 0 Å². The van der Waals surface area contributed by atoms with Crippen LogP contribution in [0.15, 0.2) is 48.5 Å². The van der Waals surface area contributed by atoms with E-state index in [1.807, 2.05) is 31.2 Å². The van der Waals surface area contributed by atoms with Crippen LogP contribution < -0.4 is 0 Å². The quantitative estimate of drug-likeness (QED) is 0.669. The average Bonchev–Trinajstić information content (AvgIpc) is 2.39. The van der Waals surface area contributed by atoms with E-state index < -0.39 is 5.97 Å². The normalized spacial score (nSPS) is 11.4. The molecule has 0 unspecified atom stereocenters. The summed E-state index contributed by atoms with van der Waals surface area (Å²) in [5.41, 5.74) is 2.68. The molecule has 0 radical (unpaired) electrons. The van der Waals surface area contributed by atoms with Gasteiger partial charge in [-0.25, -0.2) is 4.79 Å². The third-order valence-corrected chi connectivity index (χ3v) is 3.14. The molecular weight excluding hydrogens is 260 g/mol. The molecule has 0 saturated carbocycles. The van der Waals surface area contributed by atoms with Crippen molar-refractivity contribution in [3.8, 4) is 0 Å². The van der Waals surface area contributed by atoms with Crippen molar-refractivity contribution in [3.05, 3.63) is 70.2 Å². The maximum absolute atomic E-state index is 11.4. The molecule has 96 valence electrons. The number of halogens is 1. The fourth-order valence-corrected chi connectivity index (χ4v) is 1.94. The lowest BCUT2D eigenvalue weighted by Crippen LogP contribution is -1.99. The predicted molar refractivity (Wildman–Crippen MR) is 78.1 cm³/mol. The number of benzene rings is 2. The van der Waals surface area contributed by atoms with Crippen molar-refractivity contribution in [1.82, 2.24) is 0 Å². The summed E-state index contributed by atoms with van der Waals surface area (Å²) in [6, 6.07) is 14.5. The van der Waals surface area contributed by atoms with Crippen molar-refractivity contribution < 1.29 is 9.90 Å². The predicted octanol–water partition coefficient (Wildman–Crippen LogP) is 4.27. The fraction of sp³-hybridized carbons (Fsp3) is 0.0625. The van der Waals surface area contributed by atoms with Crippen molar-refractivity contribution in [2.24, 2.45) is 0 Å². The highest BCUT2D eigenvalue weighted by Gasteiger charge is 2.11. The van der Waals surface area contributed by atoms with Crippen molar-refractivity contribution in [1.29, 1.82) is 0 Å². The van der Waals surface area contributed by atoms with Crippen LogP contribution in [0.2, 0.25) is 5.02 Å². The third-order valence-electron chi connectivity index (χ3n) is 2.80. The highest BCUT2D eigenvalue weighted by atomic mass is 35.5. The van der Waals surface area contributed by atoms with Crippen LogP contribution in [0.1, 0.15) is 16.7 Å². The molecule has 0 atom stereocenters. The van der Waals surface area contributed by atoms with Gasteiger partial charge in [-0.3, -0.25) is 0 Å². The van der Waals surface area contributed by atoms with Gasteiger partial charge in [-0.2, -0.15) is 0 Å². The number of aliphatic carboxylic acids is 1. The standard InChI is InChI=1S/C16H13ClO2/c1-11-6-8-12(9-7-11)14(16(18)19)10-13-4-2-3-5-15(13)17/h2-10H,1H3,(H,18,19)/b14-10+. The van der Waals surface area contributed by atoms with Gasteiger partial charge < -0.3 is 5.11 Å². The summed E-state index contributed by atoms with van der Waals surface area (Å²) in [7, 11) is 0. The van der Waals surface area contributed by atoms with E-state index in [4.69, 9.17) is 11.6 Å². The number of hydrogen-bond donors (Lipinski definition) is 1. The van der Waals surface area contributed by atoms with Crippen LogP contribution in [-0.4, -0.2) is 11.1 Å². The van der Waals surface area contributed by atoms with Crippen molar-refractivity contribution in [2.45, 2.75) is 6.92 Å². The molecule has 3 heteroatoms. The summed E-state index contributed by atoms with van der Waals surface area (Å²) in [5.74, 6) is -0.969. The molecule has 0 bridgehead atoms. The first-order valence-corrected chi connectivity index (χ1v) is 6.22. The summed E-state index contributed by atoms with van der Waals surface area (Å²) in [6.45, 7) is 1.96. The molecule has 2 nitrogen and oxygen atoms in total. The van der Waals surface area contributed by atoms with Crippen molar-refractivity contribution in [3.63, 3.8) is 0 Å². The number of hydrogen-bond acceptors (Lipinski definition) is 1. The van der Waals surface area contributed by atoms with Gasteiger partial charge in [0, 0.05) is 5.02 Å². The number of aryl methyl sites for hydroxylation is 1. The van der Waals surface area contributed by atoms with Gasteiger partial charge in [0.15, 0.2) is 0 Å². The Morgan fingerprint density at radius 1 is 1.11 bits per heavy atom. The van der Waals surface area contributed by atoms with Gasteiger partial charge in [0.05, 0.1) is 5.57 Å². The molecule has 0 fully saturated rings. The lowest BCUT2D eigenvalue weighted by molar-refractivity contribution is -0.130. The second-order valence-electron chi connectivity index (χ2n) is 4.25. The molecule has 2 aromatic rings. The van der Waals surface area contributed by atoms with E-state index in [9.17, 15) is 9.90 Å². The fourth-order valence-electron chi connectivity index (χ4n) is 1.75. The number of carboxylic acids is 1. The van der Waals surface area contributed by atoms with Crippen LogP contribution in [0.5, 0.6) is 0 Å². The Kier molecular flexibility index (Phi) is 4.03. The Labute approximate surface area is 117 Å². The first-order chi connectivity index (χ1) is 9.08. The molecule has 0 amide bonds. The van der Waals surface area contributed by atoms with Gasteiger partial charge in [-0.15, -0.1) is 0 Å². The Hall–Kier alpha value is -2.06. The molecule has 0 aliphatic carbocycles. The van der Waals surface area contributed by atoms with Gasteiger partial charge >= 0.3 is 5.97 Å². The van der Waals surface area contributed by atoms with Gasteiger partial charge in [0.1, 0.15) is 0 Å². The zero-order valence-electron chi connectivity index (χ0n) is 10.4. The summed E-state index contributed by atoms with van der Waals surface area (Å²) in [6.07, 6.45) is 1.59. The van der Waals surface area contributed by atoms with Crippen LogP contribution in [0, 0.1) is 6.92 Å². The number of rotatable bonds is 3. The molecule has 0 heterocycles. The maximum Gasteiger partial charge on any atom is 0.336 e. The molecule has 2 rings (SSSR count). The van der Waals surface area contributed by atoms with E-state index in [0.29, 0.717) is 16.1 Å². The third kappa shape index (κ3) is 3.24. The maximum atomic E-state index is 11.4. The molecule has 1 N–H and O–H groups in total. The summed E-state index contributed by atoms with van der Waals surface area (Å²) >= 11 is 6.05. The summed E-state index contributed by atoms with van der Waals surface area (Å²) < 4.78 is 0. The molecule has 2 aromatic carbocycles. The average molecular weight is 273 g/mol. The van der Waals surface area contributed by atoms with E-state index >= 15 is 0 Å². The summed E-state index contributed by atoms with van der Waals surface area (Å²) in [4.78, 5) is 11.4. The minimum absolute atomic E-state index is 0.230. The monoisotopic (exact) mass is 272 g/mol. The second-order valence-corrected chi connectivity index (χ2v) is 4.66. The van der Waals surface area contributed by atoms with Crippen molar-refractivity contribution in [2.75, 3.05) is 0 Å². The van der Waals surface area contributed by atoms with Crippen LogP contribution in [0.3, 0.4) is 0 Å². The van der Waals surface area contributed by atoms with Gasteiger partial charge in [0.25, 0.3) is 0 Å². The highest BCUT2D eigenvalue weighted by Crippen LogP contribution is 2.23. The molecule has 0 spiro atoms. The van der Waals surface area contributed by atoms with Gasteiger partial charge in [-0.1, -0.05) is 59.6 Å². The van der Waals surface area contributed by atoms with E-state index in [2.05, 4.69) is 0 Å². The Morgan fingerprint density at radius 2 is 1.74 bits per heavy atom. The zero-order valence-corrected chi connectivity index (χ0v) is 11.2. The first kappa shape index (κ1) is 13.4. The topological polar surface area (TPSA) is 37.3 Å². The van der Waals surface area contributed by atoms with Crippen LogP contribution in [0.4, 0.5) is 0 Å². The highest BCUT2D eigenvalue weighted by molar-refractivity contribution is 6.33. The summed E-state index contributed by atoms with van der Waals surface area (Å²) in [5, 5.41) is 9.87. The molecule has 0 aliphatic heterocycles. The van der Waals surface area contributed by atoms with Crippen LogP contribution in [0.25, 0.3) is 11.6 Å². The minimum atomic E-state index is -0.969. The molecule has 19 heavy (non-hydrogen) atoms. The number of carbonyl (C=O) groups is 1. The lowest BCUT2D eigenvalue weighted by atomic mass is 10.0. The SMILES string of the molecule is Cc1ccc(/C(=C\c2ccccc2Cl)C(=O)O)cc1. The number of carboxylic acid groups (broad SMARTS) is 1. The molecule has 0 saturated heterocycles. The van der Waals surface area contributed by atoms with Gasteiger partial charge in [-0.05, 0) is 30.2 Å². The Bertz CT molecular complexity index is 627. The van der Waals surface area contributed by atoms with E-state index in [1.54, 1.807) is 30.3 Å². The smallest absolute Gasteiger partial charge is 0.336 e. The van der Waals surface area contributed by atoms with Crippen LogP contribution >= 0.6 is 11.6 Å². The van der Waals surface area contributed by atoms with E-state index in [0.717, 1.165) is 5.56 Å². The lowest BCUT2D eigenvalue weighted by Gasteiger charge is -2.05. The zero-order chi connectivity index (χ0) is 13.8. The largest absolute Gasteiger partial charge is 0.478 e. The van der Waals surface area contributed by atoms with Gasteiger partial charge in [0.2, 0.25) is 0 Å². The minimum Gasteiger partial charge on any atom is -0.478 e. The Morgan fingerprint density at radius 3 is 2.32 bits per heavy atom. The van der Waals surface area contributed by atoms with Crippen molar-refractivity contribution >= 4 is 29.2 Å². The molecular formula is C16H13ClO2. The van der Waals surface area contributed by atoms with E-state index in [-0.39, 0.29) is 5.57 Å². The Balaban J connectivity index is 2.50. The molecule has 0 aliphatic rings. The first-order valence-electron chi connectivity index (χ1n) is 5.84. The second kappa shape index (κ2) is 5.72.